The topological polar surface area (TPSA) is 64.8 Å². The first-order chi connectivity index (χ1) is 14.6. The number of benzene rings is 2. The number of furan rings is 1. The summed E-state index contributed by atoms with van der Waals surface area (Å²) in [7, 11) is 0. The zero-order valence-electron chi connectivity index (χ0n) is 16.7. The van der Waals surface area contributed by atoms with Crippen LogP contribution in [0.2, 0.25) is 0 Å². The fraction of sp³-hybridized carbons (Fsp3) is 0.217. The molecule has 0 atom stereocenters. The minimum absolute atomic E-state index is 0.170. The van der Waals surface area contributed by atoms with Gasteiger partial charge in [-0.1, -0.05) is 11.3 Å². The predicted octanol–water partition coefficient (Wildman–Crippen LogP) is 5.12. The van der Waals surface area contributed by atoms with Crippen molar-refractivity contribution in [1.82, 2.24) is 4.98 Å². The van der Waals surface area contributed by atoms with Crippen LogP contribution in [0.4, 0.5) is 5.13 Å². The SMILES string of the molecule is Cc1cc2nc(N(Cc3ccco3)C(=O)c3ccc4c(c3)OCCO4)sc2cc1C. The number of aromatic nitrogens is 1. The Morgan fingerprint density at radius 2 is 1.87 bits per heavy atom. The van der Waals surface area contributed by atoms with E-state index in [2.05, 4.69) is 26.0 Å². The van der Waals surface area contributed by atoms with E-state index in [9.17, 15) is 4.79 Å². The van der Waals surface area contributed by atoms with E-state index in [-0.39, 0.29) is 12.5 Å². The summed E-state index contributed by atoms with van der Waals surface area (Å²) in [6, 6.07) is 13.1. The quantitative estimate of drug-likeness (QED) is 0.458. The number of carbonyl (C=O) groups is 1. The maximum absolute atomic E-state index is 13.5. The molecule has 152 valence electrons. The summed E-state index contributed by atoms with van der Waals surface area (Å²) in [5.41, 5.74) is 3.78. The van der Waals surface area contributed by atoms with Gasteiger partial charge in [0.05, 0.1) is 23.0 Å². The number of ether oxygens (including phenoxy) is 2. The fourth-order valence-corrected chi connectivity index (χ4v) is 4.44. The molecule has 4 aromatic rings. The molecule has 1 amide bonds. The standard InChI is InChI=1S/C23H20N2O4S/c1-14-10-18-21(11-15(14)2)30-23(24-18)25(13-17-4-3-7-27-17)22(26)16-5-6-19-20(12-16)29-9-8-28-19/h3-7,10-12H,8-9,13H2,1-2H3. The lowest BCUT2D eigenvalue weighted by molar-refractivity contribution is 0.0982. The number of nitrogens with zero attached hydrogens (tertiary/aromatic N) is 2. The molecule has 0 aliphatic carbocycles. The van der Waals surface area contributed by atoms with Gasteiger partial charge >= 0.3 is 0 Å². The number of hydrogen-bond acceptors (Lipinski definition) is 6. The van der Waals surface area contributed by atoms with Crippen molar-refractivity contribution in [3.8, 4) is 11.5 Å². The summed E-state index contributed by atoms with van der Waals surface area (Å²) >= 11 is 1.50. The third-order valence-electron chi connectivity index (χ3n) is 5.15. The van der Waals surface area contributed by atoms with E-state index >= 15 is 0 Å². The van der Waals surface area contributed by atoms with Gasteiger partial charge < -0.3 is 13.9 Å². The average Bonchev–Trinajstić information content (AvgIpc) is 3.41. The van der Waals surface area contributed by atoms with Crippen LogP contribution in [-0.4, -0.2) is 24.1 Å². The van der Waals surface area contributed by atoms with Crippen LogP contribution in [0.15, 0.2) is 53.1 Å². The maximum atomic E-state index is 13.5. The van der Waals surface area contributed by atoms with Crippen LogP contribution in [0, 0.1) is 13.8 Å². The second-order valence-corrected chi connectivity index (χ2v) is 8.24. The van der Waals surface area contributed by atoms with E-state index in [1.807, 2.05) is 12.1 Å². The van der Waals surface area contributed by atoms with Crippen LogP contribution in [0.3, 0.4) is 0 Å². The van der Waals surface area contributed by atoms with Gasteiger partial charge in [-0.2, -0.15) is 0 Å². The molecule has 2 aromatic carbocycles. The van der Waals surface area contributed by atoms with E-state index in [0.29, 0.717) is 41.2 Å². The van der Waals surface area contributed by atoms with Gasteiger partial charge in [-0.25, -0.2) is 4.98 Å². The van der Waals surface area contributed by atoms with Crippen molar-refractivity contribution in [3.63, 3.8) is 0 Å². The highest BCUT2D eigenvalue weighted by molar-refractivity contribution is 7.22. The van der Waals surface area contributed by atoms with Crippen LogP contribution >= 0.6 is 11.3 Å². The van der Waals surface area contributed by atoms with Crippen molar-refractivity contribution in [2.24, 2.45) is 0 Å². The van der Waals surface area contributed by atoms with E-state index in [0.717, 1.165) is 10.2 Å². The molecule has 0 bridgehead atoms. The van der Waals surface area contributed by atoms with Crippen LogP contribution in [0.5, 0.6) is 11.5 Å². The molecule has 6 nitrogen and oxygen atoms in total. The maximum Gasteiger partial charge on any atom is 0.260 e. The van der Waals surface area contributed by atoms with Gasteiger partial charge in [-0.3, -0.25) is 9.69 Å². The Balaban J connectivity index is 1.56. The highest BCUT2D eigenvalue weighted by atomic mass is 32.1. The zero-order valence-corrected chi connectivity index (χ0v) is 17.5. The second-order valence-electron chi connectivity index (χ2n) is 7.23. The molecule has 0 saturated carbocycles. The van der Waals surface area contributed by atoms with Crippen molar-refractivity contribution >= 4 is 32.6 Å². The smallest absolute Gasteiger partial charge is 0.260 e. The molecular formula is C23H20N2O4S. The molecule has 0 N–H and O–H groups in total. The van der Waals surface area contributed by atoms with Gasteiger partial charge in [-0.05, 0) is 67.4 Å². The summed E-state index contributed by atoms with van der Waals surface area (Å²) in [5.74, 6) is 1.75. The van der Waals surface area contributed by atoms with E-state index < -0.39 is 0 Å². The first-order valence-electron chi connectivity index (χ1n) is 9.70. The number of carbonyl (C=O) groups excluding carboxylic acids is 1. The molecule has 7 heteroatoms. The molecule has 5 rings (SSSR count). The molecule has 0 unspecified atom stereocenters. The highest BCUT2D eigenvalue weighted by Crippen LogP contribution is 2.35. The predicted molar refractivity (Wildman–Crippen MR) is 116 cm³/mol. The van der Waals surface area contributed by atoms with Crippen molar-refractivity contribution in [1.29, 1.82) is 0 Å². The minimum Gasteiger partial charge on any atom is -0.486 e. The molecular weight excluding hydrogens is 400 g/mol. The van der Waals surface area contributed by atoms with Gasteiger partial charge in [-0.15, -0.1) is 0 Å². The van der Waals surface area contributed by atoms with E-state index in [1.54, 1.807) is 29.4 Å². The Hall–Kier alpha value is -3.32. The number of thiazole rings is 1. The number of aryl methyl sites for hydroxylation is 2. The Bertz CT molecular complexity index is 1190. The second kappa shape index (κ2) is 7.50. The number of rotatable bonds is 4. The monoisotopic (exact) mass is 420 g/mol. The molecule has 2 aromatic heterocycles. The van der Waals surface area contributed by atoms with Gasteiger partial charge in [0.15, 0.2) is 16.6 Å². The number of hydrogen-bond donors (Lipinski definition) is 0. The molecule has 30 heavy (non-hydrogen) atoms. The van der Waals surface area contributed by atoms with Crippen LogP contribution in [0.1, 0.15) is 27.2 Å². The summed E-state index contributed by atoms with van der Waals surface area (Å²) in [6.45, 7) is 5.41. The Morgan fingerprint density at radius 1 is 1.07 bits per heavy atom. The first-order valence-corrected chi connectivity index (χ1v) is 10.5. The van der Waals surface area contributed by atoms with Crippen molar-refractivity contribution in [3.05, 3.63) is 71.2 Å². The summed E-state index contributed by atoms with van der Waals surface area (Å²) < 4.78 is 17.8. The third kappa shape index (κ3) is 3.41. The van der Waals surface area contributed by atoms with Gasteiger partial charge in [0.1, 0.15) is 19.0 Å². The van der Waals surface area contributed by atoms with Crippen LogP contribution in [-0.2, 0) is 6.54 Å². The lowest BCUT2D eigenvalue weighted by atomic mass is 10.1. The molecule has 1 aliphatic rings. The lowest BCUT2D eigenvalue weighted by Gasteiger charge is -2.21. The zero-order chi connectivity index (χ0) is 20.7. The number of amides is 1. The minimum atomic E-state index is -0.170. The van der Waals surface area contributed by atoms with E-state index in [4.69, 9.17) is 18.9 Å². The highest BCUT2D eigenvalue weighted by Gasteiger charge is 2.24. The summed E-state index contributed by atoms with van der Waals surface area (Å²) in [6.07, 6.45) is 1.60. The molecule has 3 heterocycles. The Kier molecular flexibility index (Phi) is 4.67. The number of fused-ring (bicyclic) bond motifs is 2. The Morgan fingerprint density at radius 3 is 2.67 bits per heavy atom. The third-order valence-corrected chi connectivity index (χ3v) is 6.19. The molecule has 0 fully saturated rings. The summed E-state index contributed by atoms with van der Waals surface area (Å²) in [5, 5.41) is 0.631. The van der Waals surface area contributed by atoms with Crippen LogP contribution < -0.4 is 14.4 Å². The normalized spacial score (nSPS) is 12.9. The van der Waals surface area contributed by atoms with Gasteiger partial charge in [0.2, 0.25) is 0 Å². The lowest BCUT2D eigenvalue weighted by Crippen LogP contribution is -2.30. The largest absolute Gasteiger partial charge is 0.486 e. The average molecular weight is 420 g/mol. The fourth-order valence-electron chi connectivity index (χ4n) is 3.40. The van der Waals surface area contributed by atoms with Crippen molar-refractivity contribution in [2.45, 2.75) is 20.4 Å². The molecule has 0 spiro atoms. The molecule has 0 saturated heterocycles. The molecule has 0 radical (unpaired) electrons. The van der Waals surface area contributed by atoms with Crippen molar-refractivity contribution < 1.29 is 18.7 Å². The first kappa shape index (κ1) is 18.7. The van der Waals surface area contributed by atoms with Gasteiger partial charge in [0.25, 0.3) is 5.91 Å². The van der Waals surface area contributed by atoms with E-state index in [1.165, 1.54) is 22.5 Å². The molecule has 1 aliphatic heterocycles. The van der Waals surface area contributed by atoms with Crippen LogP contribution in [0.25, 0.3) is 10.2 Å². The van der Waals surface area contributed by atoms with Crippen molar-refractivity contribution in [2.75, 3.05) is 18.1 Å². The summed E-state index contributed by atoms with van der Waals surface area (Å²) in [4.78, 5) is 19.9. The number of anilines is 1. The van der Waals surface area contributed by atoms with Gasteiger partial charge in [0, 0.05) is 5.56 Å². The Labute approximate surface area is 177 Å².